The molecule has 0 radical (unpaired) electrons. The summed E-state index contributed by atoms with van der Waals surface area (Å²) in [6.07, 6.45) is 4.20. The Morgan fingerprint density at radius 3 is 2.64 bits per heavy atom. The van der Waals surface area contributed by atoms with Crippen molar-refractivity contribution in [3.63, 3.8) is 0 Å². The Morgan fingerprint density at radius 2 is 1.89 bits per heavy atom. The molecule has 0 atom stereocenters. The van der Waals surface area contributed by atoms with Crippen LogP contribution in [0.4, 0.5) is 5.69 Å². The second-order valence-corrected chi connectivity index (χ2v) is 6.95. The van der Waals surface area contributed by atoms with Gasteiger partial charge in [-0.2, -0.15) is 4.98 Å². The molecule has 28 heavy (non-hydrogen) atoms. The van der Waals surface area contributed by atoms with Gasteiger partial charge < -0.3 is 14.3 Å². The lowest BCUT2D eigenvalue weighted by Crippen LogP contribution is -2.48. The number of hydrogen-bond donors (Lipinski definition) is 0. The Hall–Kier alpha value is -3.22. The van der Waals surface area contributed by atoms with Crippen molar-refractivity contribution in [1.82, 2.24) is 20.0 Å². The third kappa shape index (κ3) is 4.19. The Balaban J connectivity index is 1.28. The molecular formula is C21H23N5O2. The minimum absolute atomic E-state index is 0.132. The molecule has 1 aliphatic rings. The smallest absolute Gasteiger partial charge is 0.227 e. The van der Waals surface area contributed by atoms with Crippen molar-refractivity contribution >= 4 is 11.6 Å². The molecule has 1 saturated heterocycles. The number of aromatic nitrogens is 3. The summed E-state index contributed by atoms with van der Waals surface area (Å²) >= 11 is 0. The largest absolute Gasteiger partial charge is 0.368 e. The highest BCUT2D eigenvalue weighted by Crippen LogP contribution is 2.19. The zero-order valence-electron chi connectivity index (χ0n) is 15.9. The second-order valence-electron chi connectivity index (χ2n) is 6.95. The molecule has 4 rings (SSSR count). The van der Waals surface area contributed by atoms with Gasteiger partial charge in [-0.1, -0.05) is 17.3 Å². The molecule has 7 heteroatoms. The SMILES string of the molecule is Cc1cccc(N2CCN(C(=O)CCc3nc(-c4ccncc4)no3)CC2)c1. The molecule has 1 aromatic carbocycles. The molecule has 3 heterocycles. The van der Waals surface area contributed by atoms with Crippen LogP contribution in [-0.2, 0) is 11.2 Å². The van der Waals surface area contributed by atoms with Gasteiger partial charge in [-0.15, -0.1) is 0 Å². The number of benzene rings is 1. The van der Waals surface area contributed by atoms with Gasteiger partial charge in [0.05, 0.1) is 0 Å². The maximum Gasteiger partial charge on any atom is 0.227 e. The first-order chi connectivity index (χ1) is 13.7. The van der Waals surface area contributed by atoms with E-state index in [1.807, 2.05) is 17.0 Å². The number of carbonyl (C=O) groups is 1. The first-order valence-corrected chi connectivity index (χ1v) is 9.51. The summed E-state index contributed by atoms with van der Waals surface area (Å²) in [7, 11) is 0. The highest BCUT2D eigenvalue weighted by atomic mass is 16.5. The number of amides is 1. The van der Waals surface area contributed by atoms with E-state index in [0.29, 0.717) is 24.6 Å². The fourth-order valence-electron chi connectivity index (χ4n) is 3.39. The number of carbonyl (C=O) groups excluding carboxylic acids is 1. The third-order valence-corrected chi connectivity index (χ3v) is 4.96. The molecule has 2 aromatic heterocycles. The molecule has 1 aliphatic heterocycles. The Bertz CT molecular complexity index is 933. The molecule has 0 N–H and O–H groups in total. The zero-order chi connectivity index (χ0) is 19.3. The summed E-state index contributed by atoms with van der Waals surface area (Å²) in [5.74, 6) is 1.14. The number of rotatable bonds is 5. The van der Waals surface area contributed by atoms with E-state index in [-0.39, 0.29) is 5.91 Å². The predicted molar refractivity (Wildman–Crippen MR) is 106 cm³/mol. The molecule has 1 fully saturated rings. The van der Waals surface area contributed by atoms with Crippen molar-refractivity contribution in [3.05, 3.63) is 60.2 Å². The Morgan fingerprint density at radius 1 is 1.11 bits per heavy atom. The van der Waals surface area contributed by atoms with Crippen LogP contribution >= 0.6 is 0 Å². The van der Waals surface area contributed by atoms with Crippen LogP contribution in [0.2, 0.25) is 0 Å². The van der Waals surface area contributed by atoms with Gasteiger partial charge in [0.15, 0.2) is 0 Å². The number of nitrogens with zero attached hydrogens (tertiary/aromatic N) is 5. The van der Waals surface area contributed by atoms with Crippen LogP contribution < -0.4 is 4.90 Å². The highest BCUT2D eigenvalue weighted by molar-refractivity contribution is 5.76. The molecule has 0 spiro atoms. The van der Waals surface area contributed by atoms with Gasteiger partial charge in [0.2, 0.25) is 17.6 Å². The summed E-state index contributed by atoms with van der Waals surface area (Å²) in [5.41, 5.74) is 3.33. The molecular weight excluding hydrogens is 354 g/mol. The van der Waals surface area contributed by atoms with Crippen LogP contribution in [0.1, 0.15) is 17.9 Å². The van der Waals surface area contributed by atoms with E-state index < -0.39 is 0 Å². The predicted octanol–water partition coefficient (Wildman–Crippen LogP) is 2.72. The molecule has 144 valence electrons. The van der Waals surface area contributed by atoms with Crippen molar-refractivity contribution in [2.75, 3.05) is 31.1 Å². The van der Waals surface area contributed by atoms with Gasteiger partial charge in [0, 0.05) is 62.7 Å². The quantitative estimate of drug-likeness (QED) is 0.681. The van der Waals surface area contributed by atoms with Crippen molar-refractivity contribution in [2.24, 2.45) is 0 Å². The van der Waals surface area contributed by atoms with E-state index in [0.717, 1.165) is 31.7 Å². The van der Waals surface area contributed by atoms with E-state index in [9.17, 15) is 4.79 Å². The number of piperazine rings is 1. The molecule has 7 nitrogen and oxygen atoms in total. The van der Waals surface area contributed by atoms with Crippen molar-refractivity contribution < 1.29 is 9.32 Å². The lowest BCUT2D eigenvalue weighted by atomic mass is 10.2. The van der Waals surface area contributed by atoms with Crippen LogP contribution in [-0.4, -0.2) is 52.1 Å². The van der Waals surface area contributed by atoms with E-state index in [4.69, 9.17) is 4.52 Å². The maximum absolute atomic E-state index is 12.6. The molecule has 0 aliphatic carbocycles. The minimum atomic E-state index is 0.132. The fourth-order valence-corrected chi connectivity index (χ4v) is 3.39. The first kappa shape index (κ1) is 18.2. The van der Waals surface area contributed by atoms with Crippen LogP contribution in [0.3, 0.4) is 0 Å². The van der Waals surface area contributed by atoms with Gasteiger partial charge in [-0.05, 0) is 36.8 Å². The van der Waals surface area contributed by atoms with Gasteiger partial charge in [0.1, 0.15) is 0 Å². The average molecular weight is 377 g/mol. The van der Waals surface area contributed by atoms with Gasteiger partial charge in [-0.25, -0.2) is 0 Å². The summed E-state index contributed by atoms with van der Waals surface area (Å²) in [6, 6.07) is 12.1. The van der Waals surface area contributed by atoms with Crippen LogP contribution in [0.15, 0.2) is 53.3 Å². The van der Waals surface area contributed by atoms with Crippen LogP contribution in [0.25, 0.3) is 11.4 Å². The number of aryl methyl sites for hydroxylation is 2. The van der Waals surface area contributed by atoms with Crippen molar-refractivity contribution in [2.45, 2.75) is 19.8 Å². The third-order valence-electron chi connectivity index (χ3n) is 4.96. The minimum Gasteiger partial charge on any atom is -0.368 e. The lowest BCUT2D eigenvalue weighted by Gasteiger charge is -2.36. The number of pyridine rings is 1. The van der Waals surface area contributed by atoms with E-state index in [1.54, 1.807) is 12.4 Å². The monoisotopic (exact) mass is 377 g/mol. The van der Waals surface area contributed by atoms with Gasteiger partial charge in [-0.3, -0.25) is 9.78 Å². The molecule has 3 aromatic rings. The van der Waals surface area contributed by atoms with E-state index in [2.05, 4.69) is 51.2 Å². The Labute approximate surface area is 164 Å². The average Bonchev–Trinajstić information content (AvgIpc) is 3.22. The lowest BCUT2D eigenvalue weighted by molar-refractivity contribution is -0.131. The number of anilines is 1. The van der Waals surface area contributed by atoms with E-state index in [1.165, 1.54) is 11.3 Å². The molecule has 0 saturated carbocycles. The summed E-state index contributed by atoms with van der Waals surface area (Å²) < 4.78 is 5.28. The van der Waals surface area contributed by atoms with Crippen molar-refractivity contribution in [1.29, 1.82) is 0 Å². The van der Waals surface area contributed by atoms with Gasteiger partial charge >= 0.3 is 0 Å². The van der Waals surface area contributed by atoms with E-state index >= 15 is 0 Å². The summed E-state index contributed by atoms with van der Waals surface area (Å²) in [6.45, 7) is 5.27. The van der Waals surface area contributed by atoms with Crippen molar-refractivity contribution in [3.8, 4) is 11.4 Å². The van der Waals surface area contributed by atoms with Crippen LogP contribution in [0, 0.1) is 6.92 Å². The molecule has 0 bridgehead atoms. The Kier molecular flexibility index (Phi) is 5.32. The summed E-state index contributed by atoms with van der Waals surface area (Å²) in [4.78, 5) is 25.2. The first-order valence-electron chi connectivity index (χ1n) is 9.51. The zero-order valence-corrected chi connectivity index (χ0v) is 15.9. The molecule has 0 unspecified atom stereocenters. The normalized spacial score (nSPS) is 14.3. The van der Waals surface area contributed by atoms with Gasteiger partial charge in [0.25, 0.3) is 0 Å². The van der Waals surface area contributed by atoms with Crippen LogP contribution in [0.5, 0.6) is 0 Å². The second kappa shape index (κ2) is 8.21. The topological polar surface area (TPSA) is 75.4 Å². The standard InChI is InChI=1S/C21H23N5O2/c1-16-3-2-4-18(15-16)25-11-13-26(14-12-25)20(27)6-5-19-23-21(24-28-19)17-7-9-22-10-8-17/h2-4,7-10,15H,5-6,11-14H2,1H3. The highest BCUT2D eigenvalue weighted by Gasteiger charge is 2.22. The fraction of sp³-hybridized carbons (Fsp3) is 0.333. The number of hydrogen-bond acceptors (Lipinski definition) is 6. The summed E-state index contributed by atoms with van der Waals surface area (Å²) in [5, 5.41) is 3.98. The molecule has 1 amide bonds. The maximum atomic E-state index is 12.6.